The average molecular weight is 269 g/mol. The van der Waals surface area contributed by atoms with Crippen molar-refractivity contribution in [1.82, 2.24) is 0 Å². The maximum absolute atomic E-state index is 12.2. The first-order chi connectivity index (χ1) is 9.63. The van der Waals surface area contributed by atoms with Crippen LogP contribution in [0.15, 0.2) is 48.5 Å². The van der Waals surface area contributed by atoms with Gasteiger partial charge in [-0.15, -0.1) is 0 Å². The van der Waals surface area contributed by atoms with Gasteiger partial charge in [0.15, 0.2) is 0 Å². The van der Waals surface area contributed by atoms with Gasteiger partial charge in [0.05, 0.1) is 11.1 Å². The van der Waals surface area contributed by atoms with Gasteiger partial charge in [0.1, 0.15) is 0 Å². The highest BCUT2D eigenvalue weighted by Gasteiger charge is 2.16. The second kappa shape index (κ2) is 6.02. The number of carbonyl (C=O) groups is 2. The zero-order chi connectivity index (χ0) is 14.5. The van der Waals surface area contributed by atoms with E-state index in [1.54, 1.807) is 18.2 Å². The first kappa shape index (κ1) is 13.8. The molecule has 0 heterocycles. The van der Waals surface area contributed by atoms with E-state index in [-0.39, 0.29) is 11.1 Å². The predicted octanol–water partition coefficient (Wildman–Crippen LogP) is 3.20. The molecule has 2 rings (SSSR count). The SMILES string of the molecule is CCc1ccccc1NC(=O)c1ccccc1C(=O)O. The van der Waals surface area contributed by atoms with Gasteiger partial charge in [0, 0.05) is 5.69 Å². The van der Waals surface area contributed by atoms with Crippen LogP contribution in [0, 0.1) is 0 Å². The molecule has 1 amide bonds. The molecule has 0 saturated heterocycles. The Kier molecular flexibility index (Phi) is 4.15. The van der Waals surface area contributed by atoms with E-state index in [0.717, 1.165) is 12.0 Å². The number of para-hydroxylation sites is 1. The van der Waals surface area contributed by atoms with Gasteiger partial charge in [-0.25, -0.2) is 4.79 Å². The number of amides is 1. The fraction of sp³-hybridized carbons (Fsp3) is 0.125. The molecule has 0 bridgehead atoms. The number of aromatic carboxylic acids is 1. The smallest absolute Gasteiger partial charge is 0.336 e. The number of carboxylic acids is 1. The first-order valence-corrected chi connectivity index (χ1v) is 6.35. The van der Waals surface area contributed by atoms with Crippen LogP contribution in [-0.4, -0.2) is 17.0 Å². The second-order valence-corrected chi connectivity index (χ2v) is 4.32. The summed E-state index contributed by atoms with van der Waals surface area (Å²) in [5.41, 5.74) is 1.87. The van der Waals surface area contributed by atoms with Crippen LogP contribution < -0.4 is 5.32 Å². The van der Waals surface area contributed by atoms with Crippen molar-refractivity contribution >= 4 is 17.6 Å². The van der Waals surface area contributed by atoms with Gasteiger partial charge >= 0.3 is 5.97 Å². The largest absolute Gasteiger partial charge is 0.478 e. The number of benzene rings is 2. The Morgan fingerprint density at radius 2 is 1.60 bits per heavy atom. The highest BCUT2D eigenvalue weighted by molar-refractivity contribution is 6.10. The van der Waals surface area contributed by atoms with Gasteiger partial charge < -0.3 is 10.4 Å². The molecule has 102 valence electrons. The van der Waals surface area contributed by atoms with Crippen molar-refractivity contribution < 1.29 is 14.7 Å². The Labute approximate surface area is 117 Å². The topological polar surface area (TPSA) is 66.4 Å². The summed E-state index contributed by atoms with van der Waals surface area (Å²) in [7, 11) is 0. The summed E-state index contributed by atoms with van der Waals surface area (Å²) in [4.78, 5) is 23.4. The number of carbonyl (C=O) groups excluding carboxylic acids is 1. The summed E-state index contributed by atoms with van der Waals surface area (Å²) >= 11 is 0. The molecule has 0 aliphatic carbocycles. The van der Waals surface area contributed by atoms with Gasteiger partial charge in [0.25, 0.3) is 5.91 Å². The maximum Gasteiger partial charge on any atom is 0.336 e. The lowest BCUT2D eigenvalue weighted by Crippen LogP contribution is -2.17. The minimum Gasteiger partial charge on any atom is -0.478 e. The molecule has 2 N–H and O–H groups in total. The van der Waals surface area contributed by atoms with Crippen molar-refractivity contribution in [3.8, 4) is 0 Å². The molecule has 0 radical (unpaired) electrons. The van der Waals surface area contributed by atoms with Crippen molar-refractivity contribution in [2.75, 3.05) is 5.32 Å². The number of rotatable bonds is 4. The summed E-state index contributed by atoms with van der Waals surface area (Å²) in [6.07, 6.45) is 0.789. The molecule has 2 aromatic rings. The van der Waals surface area contributed by atoms with Crippen LogP contribution in [0.2, 0.25) is 0 Å². The van der Waals surface area contributed by atoms with Gasteiger partial charge in [-0.1, -0.05) is 37.3 Å². The quantitative estimate of drug-likeness (QED) is 0.895. The molecule has 0 aliphatic heterocycles. The zero-order valence-electron chi connectivity index (χ0n) is 11.1. The molecular weight excluding hydrogens is 254 g/mol. The molecule has 20 heavy (non-hydrogen) atoms. The second-order valence-electron chi connectivity index (χ2n) is 4.32. The van der Waals surface area contributed by atoms with Crippen LogP contribution in [0.3, 0.4) is 0 Å². The third kappa shape index (κ3) is 2.85. The van der Waals surface area contributed by atoms with Crippen molar-refractivity contribution in [1.29, 1.82) is 0 Å². The van der Waals surface area contributed by atoms with E-state index in [2.05, 4.69) is 5.32 Å². The van der Waals surface area contributed by atoms with Crippen LogP contribution in [-0.2, 0) is 6.42 Å². The Bertz CT molecular complexity index is 650. The van der Waals surface area contributed by atoms with Crippen molar-refractivity contribution in [2.24, 2.45) is 0 Å². The van der Waals surface area contributed by atoms with E-state index in [1.807, 2.05) is 25.1 Å². The van der Waals surface area contributed by atoms with Crippen molar-refractivity contribution in [3.63, 3.8) is 0 Å². The molecule has 0 unspecified atom stereocenters. The van der Waals surface area contributed by atoms with Crippen LogP contribution >= 0.6 is 0 Å². The number of hydrogen-bond acceptors (Lipinski definition) is 2. The molecule has 0 spiro atoms. The summed E-state index contributed by atoms with van der Waals surface area (Å²) in [5, 5.41) is 11.9. The molecule has 2 aromatic carbocycles. The normalized spacial score (nSPS) is 10.1. The number of carboxylic acid groups (broad SMARTS) is 1. The standard InChI is InChI=1S/C16H15NO3/c1-2-11-7-3-6-10-14(11)17-15(18)12-8-4-5-9-13(12)16(19)20/h3-10H,2H2,1H3,(H,17,18)(H,19,20). The third-order valence-corrected chi connectivity index (χ3v) is 3.05. The fourth-order valence-electron chi connectivity index (χ4n) is 2.01. The highest BCUT2D eigenvalue weighted by Crippen LogP contribution is 2.18. The van der Waals surface area contributed by atoms with E-state index in [1.165, 1.54) is 12.1 Å². The minimum atomic E-state index is -1.11. The van der Waals surface area contributed by atoms with Gasteiger partial charge in [-0.3, -0.25) is 4.79 Å². The lowest BCUT2D eigenvalue weighted by Gasteiger charge is -2.11. The first-order valence-electron chi connectivity index (χ1n) is 6.35. The van der Waals surface area contributed by atoms with E-state index in [4.69, 9.17) is 5.11 Å². The molecule has 0 atom stereocenters. The lowest BCUT2D eigenvalue weighted by atomic mass is 10.1. The molecule has 0 fully saturated rings. The molecule has 0 saturated carbocycles. The fourth-order valence-corrected chi connectivity index (χ4v) is 2.01. The van der Waals surface area contributed by atoms with Crippen molar-refractivity contribution in [3.05, 3.63) is 65.2 Å². The monoisotopic (exact) mass is 269 g/mol. The Balaban J connectivity index is 2.31. The lowest BCUT2D eigenvalue weighted by molar-refractivity contribution is 0.0692. The molecule has 0 aliphatic rings. The van der Waals surface area contributed by atoms with Crippen LogP contribution in [0.5, 0.6) is 0 Å². The van der Waals surface area contributed by atoms with E-state index >= 15 is 0 Å². The number of anilines is 1. The number of hydrogen-bond donors (Lipinski definition) is 2. The summed E-state index contributed by atoms with van der Waals surface area (Å²) < 4.78 is 0. The summed E-state index contributed by atoms with van der Waals surface area (Å²) in [6, 6.07) is 13.6. The Morgan fingerprint density at radius 3 is 2.25 bits per heavy atom. The van der Waals surface area contributed by atoms with E-state index in [9.17, 15) is 9.59 Å². The molecule has 4 heteroatoms. The van der Waals surface area contributed by atoms with Crippen LogP contribution in [0.4, 0.5) is 5.69 Å². The average Bonchev–Trinajstić information content (AvgIpc) is 2.47. The minimum absolute atomic E-state index is 0.000945. The van der Waals surface area contributed by atoms with E-state index < -0.39 is 11.9 Å². The summed E-state index contributed by atoms with van der Waals surface area (Å²) in [6.45, 7) is 2.00. The Morgan fingerprint density at radius 1 is 1.00 bits per heavy atom. The molecular formula is C16H15NO3. The van der Waals surface area contributed by atoms with Gasteiger partial charge in [-0.05, 0) is 30.2 Å². The molecule has 4 nitrogen and oxygen atoms in total. The van der Waals surface area contributed by atoms with Crippen LogP contribution in [0.25, 0.3) is 0 Å². The predicted molar refractivity (Wildman–Crippen MR) is 77.2 cm³/mol. The van der Waals surface area contributed by atoms with Crippen LogP contribution in [0.1, 0.15) is 33.2 Å². The number of aryl methyl sites for hydroxylation is 1. The maximum atomic E-state index is 12.2. The third-order valence-electron chi connectivity index (χ3n) is 3.05. The zero-order valence-corrected chi connectivity index (χ0v) is 11.1. The van der Waals surface area contributed by atoms with Crippen molar-refractivity contribution in [2.45, 2.75) is 13.3 Å². The van der Waals surface area contributed by atoms with Gasteiger partial charge in [0.2, 0.25) is 0 Å². The molecule has 0 aromatic heterocycles. The number of nitrogens with one attached hydrogen (secondary N) is 1. The Hall–Kier alpha value is -2.62. The van der Waals surface area contributed by atoms with E-state index in [0.29, 0.717) is 5.69 Å². The highest BCUT2D eigenvalue weighted by atomic mass is 16.4. The van der Waals surface area contributed by atoms with Gasteiger partial charge in [-0.2, -0.15) is 0 Å². The summed E-state index contributed by atoms with van der Waals surface area (Å²) in [5.74, 6) is -1.52.